The number of amides is 1. The zero-order valence-electron chi connectivity index (χ0n) is 18.8. The minimum atomic E-state index is -0.247. The van der Waals surface area contributed by atoms with Gasteiger partial charge in [-0.1, -0.05) is 47.5 Å². The number of aromatic nitrogens is 3. The molecular formula is C25H22Cl2N4O2S. The number of nitrogens with one attached hydrogen (secondary N) is 1. The predicted molar refractivity (Wildman–Crippen MR) is 139 cm³/mol. The number of benzene rings is 3. The Morgan fingerprint density at radius 2 is 1.85 bits per heavy atom. The van der Waals surface area contributed by atoms with Crippen LogP contribution in [0.25, 0.3) is 17.1 Å². The molecule has 0 aliphatic rings. The van der Waals surface area contributed by atoms with Gasteiger partial charge in [0, 0.05) is 16.3 Å². The largest absolute Gasteiger partial charge is 0.495 e. The summed E-state index contributed by atoms with van der Waals surface area (Å²) in [6.45, 7) is 3.84. The second-order valence-corrected chi connectivity index (χ2v) is 8.97. The zero-order valence-corrected chi connectivity index (χ0v) is 21.1. The van der Waals surface area contributed by atoms with Crippen molar-refractivity contribution in [3.8, 4) is 22.8 Å². The zero-order chi connectivity index (χ0) is 24.4. The average Bonchev–Trinajstić information content (AvgIpc) is 3.11. The van der Waals surface area contributed by atoms with Gasteiger partial charge in [-0.3, -0.25) is 9.36 Å². The van der Waals surface area contributed by atoms with Crippen LogP contribution in [-0.2, 0) is 11.3 Å². The van der Waals surface area contributed by atoms with Gasteiger partial charge in [0.2, 0.25) is 10.7 Å². The Bertz CT molecular complexity index is 1450. The summed E-state index contributed by atoms with van der Waals surface area (Å²) in [6.07, 6.45) is 0. The van der Waals surface area contributed by atoms with E-state index in [9.17, 15) is 4.79 Å². The first-order chi connectivity index (χ1) is 16.3. The SMILES string of the molecule is COc1ccccc1-n1c(-c2ccc(Cl)cc2Cl)nn(CC(=O)Nc2cc(C)ccc2C)c1=S. The van der Waals surface area contributed by atoms with Gasteiger partial charge >= 0.3 is 0 Å². The number of para-hydroxylation sites is 2. The van der Waals surface area contributed by atoms with Gasteiger partial charge in [0.05, 0.1) is 17.8 Å². The van der Waals surface area contributed by atoms with Crippen LogP contribution in [0.2, 0.25) is 10.0 Å². The van der Waals surface area contributed by atoms with Crippen molar-refractivity contribution in [3.63, 3.8) is 0 Å². The Balaban J connectivity index is 1.80. The van der Waals surface area contributed by atoms with Crippen molar-refractivity contribution in [2.45, 2.75) is 20.4 Å². The van der Waals surface area contributed by atoms with Gasteiger partial charge in [0.1, 0.15) is 12.3 Å². The molecule has 0 bridgehead atoms. The van der Waals surface area contributed by atoms with Gasteiger partial charge in [0.25, 0.3) is 0 Å². The van der Waals surface area contributed by atoms with Crippen LogP contribution in [0.15, 0.2) is 60.7 Å². The van der Waals surface area contributed by atoms with Crippen molar-refractivity contribution in [3.05, 3.63) is 86.6 Å². The topological polar surface area (TPSA) is 61.1 Å². The molecule has 0 aliphatic carbocycles. The van der Waals surface area contributed by atoms with Crippen LogP contribution < -0.4 is 10.1 Å². The maximum absolute atomic E-state index is 12.9. The Morgan fingerprint density at radius 1 is 1.09 bits per heavy atom. The third-order valence-corrected chi connectivity index (χ3v) is 6.24. The van der Waals surface area contributed by atoms with E-state index >= 15 is 0 Å². The fraction of sp³-hybridized carbons (Fsp3) is 0.160. The Morgan fingerprint density at radius 3 is 2.59 bits per heavy atom. The minimum absolute atomic E-state index is 0.0768. The number of carbonyl (C=O) groups is 1. The molecule has 174 valence electrons. The molecule has 1 aromatic heterocycles. The molecular weight excluding hydrogens is 491 g/mol. The van der Waals surface area contributed by atoms with Crippen molar-refractivity contribution in [2.24, 2.45) is 0 Å². The van der Waals surface area contributed by atoms with E-state index in [2.05, 4.69) is 10.4 Å². The molecule has 1 amide bonds. The fourth-order valence-corrected chi connectivity index (χ4v) is 4.37. The molecule has 0 saturated carbocycles. The highest BCUT2D eigenvalue weighted by Crippen LogP contribution is 2.33. The molecule has 0 aliphatic heterocycles. The number of aryl methyl sites for hydroxylation is 2. The van der Waals surface area contributed by atoms with Crippen LogP contribution in [0.5, 0.6) is 5.75 Å². The van der Waals surface area contributed by atoms with E-state index in [0.717, 1.165) is 16.8 Å². The van der Waals surface area contributed by atoms with Crippen LogP contribution in [0.4, 0.5) is 5.69 Å². The van der Waals surface area contributed by atoms with Crippen molar-refractivity contribution < 1.29 is 9.53 Å². The van der Waals surface area contributed by atoms with Crippen molar-refractivity contribution >= 4 is 47.0 Å². The average molecular weight is 513 g/mol. The molecule has 34 heavy (non-hydrogen) atoms. The summed E-state index contributed by atoms with van der Waals surface area (Å²) in [4.78, 5) is 12.9. The molecule has 1 heterocycles. The summed E-state index contributed by atoms with van der Waals surface area (Å²) in [6, 6.07) is 18.5. The van der Waals surface area contributed by atoms with Gasteiger partial charge < -0.3 is 10.1 Å². The number of carbonyl (C=O) groups excluding carboxylic acids is 1. The Hall–Kier alpha value is -3.13. The predicted octanol–water partition coefficient (Wildman–Crippen LogP) is 6.64. The molecule has 0 fully saturated rings. The number of halogens is 2. The number of anilines is 1. The first-order valence-corrected chi connectivity index (χ1v) is 11.6. The lowest BCUT2D eigenvalue weighted by Gasteiger charge is -2.12. The number of ether oxygens (including phenoxy) is 1. The third kappa shape index (κ3) is 4.87. The lowest BCUT2D eigenvalue weighted by Crippen LogP contribution is -2.20. The highest BCUT2D eigenvalue weighted by molar-refractivity contribution is 7.71. The number of hydrogen-bond donors (Lipinski definition) is 1. The standard InChI is InChI=1S/C25H22Cl2N4O2S/c1-15-8-9-16(2)20(12-15)28-23(32)14-30-25(34)31(21-6-4-5-7-22(21)33-3)24(29-30)18-11-10-17(26)13-19(18)27/h4-13H,14H2,1-3H3,(H,28,32). The molecule has 4 rings (SSSR count). The van der Waals surface area contributed by atoms with Crippen molar-refractivity contribution in [1.29, 1.82) is 0 Å². The maximum atomic E-state index is 12.9. The van der Waals surface area contributed by atoms with Gasteiger partial charge in [-0.05, 0) is 73.6 Å². The van der Waals surface area contributed by atoms with E-state index in [4.69, 9.17) is 40.2 Å². The van der Waals surface area contributed by atoms with Gasteiger partial charge in [-0.2, -0.15) is 5.10 Å². The van der Waals surface area contributed by atoms with E-state index in [0.29, 0.717) is 37.6 Å². The monoisotopic (exact) mass is 512 g/mol. The van der Waals surface area contributed by atoms with Crippen molar-refractivity contribution in [2.75, 3.05) is 12.4 Å². The quantitative estimate of drug-likeness (QED) is 0.294. The molecule has 4 aromatic rings. The van der Waals surface area contributed by atoms with Crippen LogP contribution in [0, 0.1) is 18.6 Å². The maximum Gasteiger partial charge on any atom is 0.246 e. The minimum Gasteiger partial charge on any atom is -0.495 e. The van der Waals surface area contributed by atoms with E-state index in [-0.39, 0.29) is 12.5 Å². The van der Waals surface area contributed by atoms with E-state index < -0.39 is 0 Å². The van der Waals surface area contributed by atoms with Crippen LogP contribution in [0.1, 0.15) is 11.1 Å². The van der Waals surface area contributed by atoms with Gasteiger partial charge in [-0.25, -0.2) is 4.68 Å². The highest BCUT2D eigenvalue weighted by atomic mass is 35.5. The lowest BCUT2D eigenvalue weighted by atomic mass is 10.1. The number of hydrogen-bond acceptors (Lipinski definition) is 4. The summed E-state index contributed by atoms with van der Waals surface area (Å²) < 4.78 is 9.09. The van der Waals surface area contributed by atoms with Gasteiger partial charge in [0.15, 0.2) is 5.82 Å². The smallest absolute Gasteiger partial charge is 0.246 e. The third-order valence-electron chi connectivity index (χ3n) is 5.30. The number of methoxy groups -OCH3 is 1. The summed E-state index contributed by atoms with van der Waals surface area (Å²) in [7, 11) is 1.58. The molecule has 0 atom stereocenters. The lowest BCUT2D eigenvalue weighted by molar-refractivity contribution is -0.116. The number of nitrogens with zero attached hydrogens (tertiary/aromatic N) is 3. The van der Waals surface area contributed by atoms with Gasteiger partial charge in [-0.15, -0.1) is 0 Å². The summed E-state index contributed by atoms with van der Waals surface area (Å²) in [5.74, 6) is 0.822. The fourth-order valence-electron chi connectivity index (χ4n) is 3.58. The Labute approximate surface area is 212 Å². The summed E-state index contributed by atoms with van der Waals surface area (Å²) >= 11 is 18.4. The van der Waals surface area contributed by atoms with Crippen LogP contribution in [0.3, 0.4) is 0 Å². The summed E-state index contributed by atoms with van der Waals surface area (Å²) in [5.41, 5.74) is 4.07. The molecule has 0 radical (unpaired) electrons. The Kier molecular flexibility index (Phi) is 7.07. The van der Waals surface area contributed by atoms with Crippen molar-refractivity contribution in [1.82, 2.24) is 14.3 Å². The molecule has 6 nitrogen and oxygen atoms in total. The van der Waals surface area contributed by atoms with E-state index in [1.165, 1.54) is 4.68 Å². The molecule has 0 saturated heterocycles. The normalized spacial score (nSPS) is 10.9. The second kappa shape index (κ2) is 10.0. The first kappa shape index (κ1) is 24.0. The summed E-state index contributed by atoms with van der Waals surface area (Å²) in [5, 5.41) is 8.54. The molecule has 9 heteroatoms. The highest BCUT2D eigenvalue weighted by Gasteiger charge is 2.20. The molecule has 1 N–H and O–H groups in total. The molecule has 0 spiro atoms. The van der Waals surface area contributed by atoms with Crippen LogP contribution in [-0.4, -0.2) is 27.4 Å². The second-order valence-electron chi connectivity index (χ2n) is 7.76. The van der Waals surface area contributed by atoms with E-state index in [1.54, 1.807) is 29.9 Å². The van der Waals surface area contributed by atoms with Crippen LogP contribution >= 0.6 is 35.4 Å². The molecule has 0 unspecified atom stereocenters. The number of rotatable bonds is 6. The molecule has 3 aromatic carbocycles. The van der Waals surface area contributed by atoms with E-state index in [1.807, 2.05) is 56.3 Å². The first-order valence-electron chi connectivity index (χ1n) is 10.4.